The van der Waals surface area contributed by atoms with Crippen molar-refractivity contribution in [1.29, 1.82) is 0 Å². The molecule has 1 N–H and O–H groups in total. The Morgan fingerprint density at radius 1 is 1.00 bits per heavy atom. The highest BCUT2D eigenvalue weighted by Gasteiger charge is 2.26. The molecule has 0 atom stereocenters. The average molecular weight is 432 g/mol. The van der Waals surface area contributed by atoms with Crippen LogP contribution in [0.5, 0.6) is 0 Å². The van der Waals surface area contributed by atoms with Crippen LogP contribution in [0.25, 0.3) is 11.1 Å². The number of nitrogens with zero attached hydrogens (tertiary/aromatic N) is 1. The van der Waals surface area contributed by atoms with Gasteiger partial charge in [0.2, 0.25) is 0 Å². The van der Waals surface area contributed by atoms with Gasteiger partial charge in [0.1, 0.15) is 11.6 Å². The van der Waals surface area contributed by atoms with Gasteiger partial charge in [-0.3, -0.25) is 9.69 Å². The summed E-state index contributed by atoms with van der Waals surface area (Å²) in [7, 11) is 0. The highest BCUT2D eigenvalue weighted by molar-refractivity contribution is 5.85. The van der Waals surface area contributed by atoms with Crippen molar-refractivity contribution in [2.45, 2.75) is 39.3 Å². The molecule has 1 saturated heterocycles. The zero-order chi connectivity index (χ0) is 22.5. The lowest BCUT2D eigenvalue weighted by molar-refractivity contribution is -0.123. The number of benzene rings is 3. The smallest absolute Gasteiger partial charge is 0.140 e. The molecule has 0 radical (unpaired) electrons. The first kappa shape index (κ1) is 22.4. The second kappa shape index (κ2) is 10.2. The van der Waals surface area contributed by atoms with Crippen LogP contribution in [0, 0.1) is 18.7 Å². The molecule has 0 unspecified atom stereocenters. The van der Waals surface area contributed by atoms with E-state index in [-0.39, 0.29) is 18.3 Å². The Bertz CT molecular complexity index is 1090. The van der Waals surface area contributed by atoms with Gasteiger partial charge < -0.3 is 5.11 Å². The summed E-state index contributed by atoms with van der Waals surface area (Å²) in [5.74, 6) is 0.0733. The van der Waals surface area contributed by atoms with E-state index in [1.807, 2.05) is 12.1 Å². The van der Waals surface area contributed by atoms with Crippen molar-refractivity contribution in [2.75, 3.05) is 13.1 Å². The molecule has 0 amide bonds. The molecule has 3 aromatic rings. The van der Waals surface area contributed by atoms with Crippen LogP contribution in [-0.2, 0) is 24.4 Å². The van der Waals surface area contributed by atoms with Crippen LogP contribution < -0.4 is 0 Å². The van der Waals surface area contributed by atoms with Crippen molar-refractivity contribution in [3.8, 4) is 11.1 Å². The van der Waals surface area contributed by atoms with Crippen molar-refractivity contribution in [2.24, 2.45) is 5.92 Å². The van der Waals surface area contributed by atoms with Crippen LogP contribution >= 0.6 is 0 Å². The fraction of sp³-hybridized carbons (Fsp3) is 0.321. The van der Waals surface area contributed by atoms with Crippen LogP contribution in [0.2, 0.25) is 0 Å². The van der Waals surface area contributed by atoms with Gasteiger partial charge in [-0.1, -0.05) is 66.2 Å². The van der Waals surface area contributed by atoms with Gasteiger partial charge in [-0.15, -0.1) is 0 Å². The molecule has 0 saturated carbocycles. The molecule has 3 aromatic carbocycles. The summed E-state index contributed by atoms with van der Waals surface area (Å²) in [6, 6.07) is 21.5. The number of aryl methyl sites for hydroxylation is 1. The van der Waals surface area contributed by atoms with Crippen molar-refractivity contribution in [1.82, 2.24) is 4.90 Å². The fourth-order valence-electron chi connectivity index (χ4n) is 4.57. The van der Waals surface area contributed by atoms with E-state index in [1.54, 1.807) is 12.1 Å². The van der Waals surface area contributed by atoms with E-state index in [0.29, 0.717) is 29.9 Å². The molecule has 1 aliphatic rings. The van der Waals surface area contributed by atoms with Gasteiger partial charge >= 0.3 is 0 Å². The number of aliphatic hydroxyl groups is 1. The number of ketones is 1. The summed E-state index contributed by atoms with van der Waals surface area (Å²) in [5.41, 5.74) is 5.79. The topological polar surface area (TPSA) is 40.5 Å². The molecule has 166 valence electrons. The number of aliphatic hydroxyl groups excluding tert-OH is 1. The Kier molecular flexibility index (Phi) is 7.13. The van der Waals surface area contributed by atoms with Crippen molar-refractivity contribution < 1.29 is 14.3 Å². The highest BCUT2D eigenvalue weighted by Crippen LogP contribution is 2.28. The maximum absolute atomic E-state index is 14.3. The number of hydrogen-bond donors (Lipinski definition) is 1. The van der Waals surface area contributed by atoms with E-state index in [0.717, 1.165) is 42.6 Å². The van der Waals surface area contributed by atoms with Crippen molar-refractivity contribution in [3.05, 3.63) is 94.8 Å². The number of rotatable bonds is 7. The van der Waals surface area contributed by atoms with E-state index in [9.17, 15) is 9.18 Å². The predicted molar refractivity (Wildman–Crippen MR) is 126 cm³/mol. The van der Waals surface area contributed by atoms with Gasteiger partial charge in [0, 0.05) is 24.4 Å². The molecular formula is C28H30FNO2. The molecule has 3 nitrogen and oxygen atoms in total. The van der Waals surface area contributed by atoms with Crippen LogP contribution in [0.3, 0.4) is 0 Å². The standard InChI is InChI=1S/C28H30FNO2/c1-20-5-4-7-23(15-20)26-8-3-2-6-24(26)17-28(32)22-11-13-30(14-12-22)18-25-10-9-21(19-31)16-27(25)29/h2-10,15-16,22,31H,11-14,17-19H2,1H3. The van der Waals surface area contributed by atoms with Crippen LogP contribution in [0.1, 0.15) is 35.1 Å². The highest BCUT2D eigenvalue weighted by atomic mass is 19.1. The van der Waals surface area contributed by atoms with Crippen molar-refractivity contribution >= 4 is 5.78 Å². The zero-order valence-corrected chi connectivity index (χ0v) is 18.6. The van der Waals surface area contributed by atoms with Gasteiger partial charge in [-0.25, -0.2) is 4.39 Å². The Labute approximate surface area is 189 Å². The summed E-state index contributed by atoms with van der Waals surface area (Å²) < 4.78 is 14.3. The number of carbonyl (C=O) groups excluding carboxylic acids is 1. The van der Waals surface area contributed by atoms with Gasteiger partial charge in [-0.2, -0.15) is 0 Å². The third-order valence-corrected chi connectivity index (χ3v) is 6.45. The van der Waals surface area contributed by atoms with Gasteiger partial charge in [0.25, 0.3) is 0 Å². The number of carbonyl (C=O) groups is 1. The van der Waals surface area contributed by atoms with Gasteiger partial charge in [0.05, 0.1) is 6.61 Å². The lowest BCUT2D eigenvalue weighted by Gasteiger charge is -2.31. The molecule has 4 heteroatoms. The molecule has 1 heterocycles. The monoisotopic (exact) mass is 431 g/mol. The maximum atomic E-state index is 14.3. The summed E-state index contributed by atoms with van der Waals surface area (Å²) in [6.07, 6.45) is 2.07. The number of piperidine rings is 1. The quantitative estimate of drug-likeness (QED) is 0.551. The summed E-state index contributed by atoms with van der Waals surface area (Å²) >= 11 is 0. The second-order valence-electron chi connectivity index (χ2n) is 8.80. The van der Waals surface area contributed by atoms with Gasteiger partial charge in [0.15, 0.2) is 0 Å². The minimum atomic E-state index is -0.275. The molecule has 0 bridgehead atoms. The number of Topliss-reactive ketones (excluding diaryl/α,β-unsaturated/α-hetero) is 1. The molecule has 0 aliphatic carbocycles. The third kappa shape index (κ3) is 5.32. The van der Waals surface area contributed by atoms with E-state index < -0.39 is 0 Å². The Hall–Kier alpha value is -2.82. The van der Waals surface area contributed by atoms with Gasteiger partial charge in [-0.05, 0) is 61.2 Å². The first-order chi connectivity index (χ1) is 15.5. The molecule has 1 aliphatic heterocycles. The minimum Gasteiger partial charge on any atom is -0.392 e. The van der Waals surface area contributed by atoms with E-state index in [2.05, 4.69) is 48.2 Å². The number of halogens is 1. The first-order valence-corrected chi connectivity index (χ1v) is 11.3. The fourth-order valence-corrected chi connectivity index (χ4v) is 4.57. The molecule has 4 rings (SSSR count). The molecule has 32 heavy (non-hydrogen) atoms. The van der Waals surface area contributed by atoms with Crippen molar-refractivity contribution in [3.63, 3.8) is 0 Å². The van der Waals surface area contributed by atoms with E-state index >= 15 is 0 Å². The van der Waals surface area contributed by atoms with E-state index in [4.69, 9.17) is 5.11 Å². The summed E-state index contributed by atoms with van der Waals surface area (Å²) in [4.78, 5) is 15.3. The van der Waals surface area contributed by atoms with E-state index in [1.165, 1.54) is 11.6 Å². The number of likely N-dealkylation sites (tertiary alicyclic amines) is 1. The summed E-state index contributed by atoms with van der Waals surface area (Å²) in [5, 5.41) is 9.15. The Balaban J connectivity index is 1.37. The number of hydrogen-bond acceptors (Lipinski definition) is 3. The third-order valence-electron chi connectivity index (χ3n) is 6.45. The Morgan fingerprint density at radius 2 is 1.78 bits per heavy atom. The zero-order valence-electron chi connectivity index (χ0n) is 18.6. The first-order valence-electron chi connectivity index (χ1n) is 11.3. The lowest BCUT2D eigenvalue weighted by atomic mass is 9.87. The Morgan fingerprint density at radius 3 is 2.50 bits per heavy atom. The molecule has 0 spiro atoms. The molecule has 0 aromatic heterocycles. The SMILES string of the molecule is Cc1cccc(-c2ccccc2CC(=O)C2CCN(Cc3ccc(CO)cc3F)CC2)c1. The normalized spacial score (nSPS) is 15.1. The lowest BCUT2D eigenvalue weighted by Crippen LogP contribution is -2.36. The second-order valence-corrected chi connectivity index (χ2v) is 8.80. The largest absolute Gasteiger partial charge is 0.392 e. The summed E-state index contributed by atoms with van der Waals surface area (Å²) in [6.45, 7) is 4.04. The molecular weight excluding hydrogens is 401 g/mol. The molecule has 1 fully saturated rings. The predicted octanol–water partition coefficient (Wildman–Crippen LogP) is 5.32. The maximum Gasteiger partial charge on any atom is 0.140 e. The van der Waals surface area contributed by atoms with Crippen LogP contribution in [0.4, 0.5) is 4.39 Å². The van der Waals surface area contributed by atoms with Crippen LogP contribution in [0.15, 0.2) is 66.7 Å². The van der Waals surface area contributed by atoms with Crippen LogP contribution in [-0.4, -0.2) is 28.9 Å². The minimum absolute atomic E-state index is 0.0541. The average Bonchev–Trinajstić information content (AvgIpc) is 2.81.